The van der Waals surface area contributed by atoms with Crippen molar-refractivity contribution in [3.8, 4) is 0 Å². The SMILES string of the molecule is CC(NC(=O)C(N)C(C)O)C(=O)NC(CC(N)=O)C(=O)NC(C(=O)O)C(C)C. The first-order valence-corrected chi connectivity index (χ1v) is 8.63. The number of hydrogen-bond acceptors (Lipinski definition) is 7. The number of carboxylic acid groups (broad SMARTS) is 1. The first-order valence-electron chi connectivity index (χ1n) is 8.63. The van der Waals surface area contributed by atoms with Crippen molar-refractivity contribution in [3.05, 3.63) is 0 Å². The van der Waals surface area contributed by atoms with Crippen LogP contribution in [-0.2, 0) is 24.0 Å². The number of primary amides is 1. The molecule has 0 saturated carbocycles. The molecular formula is C16H29N5O7. The number of nitrogens with two attached hydrogens (primary N) is 2. The molecule has 0 fully saturated rings. The molecule has 0 saturated heterocycles. The van der Waals surface area contributed by atoms with E-state index >= 15 is 0 Å². The van der Waals surface area contributed by atoms with Crippen LogP contribution in [0.25, 0.3) is 0 Å². The maximum absolute atomic E-state index is 12.3. The van der Waals surface area contributed by atoms with Gasteiger partial charge in [-0.25, -0.2) is 4.79 Å². The molecule has 0 radical (unpaired) electrons. The van der Waals surface area contributed by atoms with E-state index in [0.717, 1.165) is 0 Å². The zero-order chi connectivity index (χ0) is 22.2. The minimum Gasteiger partial charge on any atom is -0.480 e. The van der Waals surface area contributed by atoms with Gasteiger partial charge in [0.15, 0.2) is 0 Å². The van der Waals surface area contributed by atoms with E-state index in [0.29, 0.717) is 0 Å². The van der Waals surface area contributed by atoms with Crippen molar-refractivity contribution in [1.82, 2.24) is 16.0 Å². The Labute approximate surface area is 162 Å². The molecule has 0 bridgehead atoms. The van der Waals surface area contributed by atoms with Crippen LogP contribution in [0.5, 0.6) is 0 Å². The number of carboxylic acids is 1. The fourth-order valence-corrected chi connectivity index (χ4v) is 2.07. The summed E-state index contributed by atoms with van der Waals surface area (Å²) in [6, 6.07) is -5.08. The van der Waals surface area contributed by atoms with Crippen molar-refractivity contribution in [2.45, 2.75) is 64.4 Å². The second-order valence-electron chi connectivity index (χ2n) is 6.80. The van der Waals surface area contributed by atoms with Gasteiger partial charge in [-0.1, -0.05) is 13.8 Å². The highest BCUT2D eigenvalue weighted by molar-refractivity contribution is 5.96. The van der Waals surface area contributed by atoms with Gasteiger partial charge < -0.3 is 37.6 Å². The Kier molecular flexibility index (Phi) is 10.1. The molecule has 0 aromatic heterocycles. The summed E-state index contributed by atoms with van der Waals surface area (Å²) in [7, 11) is 0. The Bertz CT molecular complexity index is 608. The number of carbonyl (C=O) groups is 5. The summed E-state index contributed by atoms with van der Waals surface area (Å²) >= 11 is 0. The first kappa shape index (κ1) is 25.3. The number of rotatable bonds is 11. The summed E-state index contributed by atoms with van der Waals surface area (Å²) in [4.78, 5) is 58.8. The van der Waals surface area contributed by atoms with Gasteiger partial charge in [-0.15, -0.1) is 0 Å². The van der Waals surface area contributed by atoms with Gasteiger partial charge >= 0.3 is 5.97 Å². The molecule has 5 unspecified atom stereocenters. The molecule has 0 aliphatic heterocycles. The molecule has 4 amide bonds. The van der Waals surface area contributed by atoms with E-state index in [1.165, 1.54) is 13.8 Å². The van der Waals surface area contributed by atoms with Crippen LogP contribution < -0.4 is 27.4 Å². The second-order valence-corrected chi connectivity index (χ2v) is 6.80. The fraction of sp³-hybridized carbons (Fsp3) is 0.688. The van der Waals surface area contributed by atoms with Crippen molar-refractivity contribution in [2.24, 2.45) is 17.4 Å². The normalized spacial score (nSPS) is 16.2. The van der Waals surface area contributed by atoms with Gasteiger partial charge in [0.1, 0.15) is 24.2 Å². The molecule has 5 atom stereocenters. The zero-order valence-corrected chi connectivity index (χ0v) is 16.3. The van der Waals surface area contributed by atoms with E-state index in [4.69, 9.17) is 16.6 Å². The lowest BCUT2D eigenvalue weighted by atomic mass is 10.0. The Hall–Kier alpha value is -2.73. The van der Waals surface area contributed by atoms with Gasteiger partial charge in [0, 0.05) is 0 Å². The number of carbonyl (C=O) groups excluding carboxylic acids is 4. The first-order chi connectivity index (χ1) is 12.8. The molecule has 0 aromatic carbocycles. The number of nitrogens with one attached hydrogen (secondary N) is 3. The van der Waals surface area contributed by atoms with Crippen LogP contribution in [0.15, 0.2) is 0 Å². The number of amides is 4. The van der Waals surface area contributed by atoms with Gasteiger partial charge in [-0.2, -0.15) is 0 Å². The van der Waals surface area contributed by atoms with Crippen LogP contribution in [0.1, 0.15) is 34.1 Å². The largest absolute Gasteiger partial charge is 0.480 e. The van der Waals surface area contributed by atoms with Crippen molar-refractivity contribution < 1.29 is 34.2 Å². The topological polar surface area (TPSA) is 214 Å². The molecule has 12 nitrogen and oxygen atoms in total. The molecular weight excluding hydrogens is 374 g/mol. The zero-order valence-electron chi connectivity index (χ0n) is 16.3. The van der Waals surface area contributed by atoms with E-state index in [2.05, 4.69) is 16.0 Å². The fourth-order valence-electron chi connectivity index (χ4n) is 2.07. The van der Waals surface area contributed by atoms with Crippen LogP contribution >= 0.6 is 0 Å². The molecule has 0 aliphatic carbocycles. The molecule has 12 heteroatoms. The molecule has 0 spiro atoms. The molecule has 0 rings (SSSR count). The van der Waals surface area contributed by atoms with Gasteiger partial charge in [0.05, 0.1) is 12.5 Å². The van der Waals surface area contributed by atoms with E-state index < -0.39 is 72.2 Å². The van der Waals surface area contributed by atoms with Gasteiger partial charge in [0.2, 0.25) is 23.6 Å². The highest BCUT2D eigenvalue weighted by Crippen LogP contribution is 2.04. The van der Waals surface area contributed by atoms with Crippen LogP contribution in [0.2, 0.25) is 0 Å². The van der Waals surface area contributed by atoms with Crippen LogP contribution in [0.4, 0.5) is 0 Å². The number of aliphatic hydroxyl groups excluding tert-OH is 1. The van der Waals surface area contributed by atoms with Gasteiger partial charge in [0.25, 0.3) is 0 Å². The number of aliphatic hydroxyl groups is 1. The van der Waals surface area contributed by atoms with Crippen molar-refractivity contribution in [1.29, 1.82) is 0 Å². The minimum absolute atomic E-state index is 0.452. The maximum Gasteiger partial charge on any atom is 0.326 e. The Morgan fingerprint density at radius 1 is 0.893 bits per heavy atom. The third kappa shape index (κ3) is 8.31. The van der Waals surface area contributed by atoms with E-state index in [-0.39, 0.29) is 0 Å². The van der Waals surface area contributed by atoms with Crippen molar-refractivity contribution >= 4 is 29.6 Å². The second kappa shape index (κ2) is 11.2. The molecule has 0 aromatic rings. The highest BCUT2D eigenvalue weighted by atomic mass is 16.4. The Balaban J connectivity index is 5.14. The van der Waals surface area contributed by atoms with Gasteiger partial charge in [-0.3, -0.25) is 19.2 Å². The smallest absolute Gasteiger partial charge is 0.326 e. The average Bonchev–Trinajstić information content (AvgIpc) is 2.56. The monoisotopic (exact) mass is 403 g/mol. The Morgan fingerprint density at radius 3 is 1.82 bits per heavy atom. The summed E-state index contributed by atoms with van der Waals surface area (Å²) in [6.45, 7) is 5.75. The molecule has 0 heterocycles. The minimum atomic E-state index is -1.43. The summed E-state index contributed by atoms with van der Waals surface area (Å²) in [5.74, 6) is -5.16. The highest BCUT2D eigenvalue weighted by Gasteiger charge is 2.31. The third-order valence-electron chi connectivity index (χ3n) is 3.84. The van der Waals surface area contributed by atoms with Crippen molar-refractivity contribution in [2.75, 3.05) is 0 Å². The summed E-state index contributed by atoms with van der Waals surface area (Å²) in [6.07, 6.45) is -1.72. The number of aliphatic carboxylic acids is 1. The Morgan fingerprint density at radius 2 is 1.43 bits per heavy atom. The number of hydrogen-bond donors (Lipinski definition) is 7. The lowest BCUT2D eigenvalue weighted by Crippen LogP contribution is -2.58. The lowest BCUT2D eigenvalue weighted by molar-refractivity contribution is -0.143. The van der Waals surface area contributed by atoms with Crippen molar-refractivity contribution in [3.63, 3.8) is 0 Å². The van der Waals surface area contributed by atoms with Crippen LogP contribution in [0.3, 0.4) is 0 Å². The molecule has 9 N–H and O–H groups in total. The van der Waals surface area contributed by atoms with Crippen LogP contribution in [-0.4, -0.2) is 70.1 Å². The molecule has 28 heavy (non-hydrogen) atoms. The maximum atomic E-state index is 12.3. The van der Waals surface area contributed by atoms with E-state index in [9.17, 15) is 29.1 Å². The summed E-state index contributed by atoms with van der Waals surface area (Å²) < 4.78 is 0. The summed E-state index contributed by atoms with van der Waals surface area (Å²) in [5, 5.41) is 25.2. The summed E-state index contributed by atoms with van der Waals surface area (Å²) in [5.41, 5.74) is 10.5. The third-order valence-corrected chi connectivity index (χ3v) is 3.84. The average molecular weight is 403 g/mol. The standard InChI is InChI=1S/C16H29N5O7/c1-6(2)12(16(27)28)21-14(25)9(5-10(17)23)20-13(24)7(3)19-15(26)11(18)8(4)22/h6-9,11-12,22H,5,18H2,1-4H3,(H2,17,23)(H,19,26)(H,20,24)(H,21,25)(H,27,28). The molecule has 0 aliphatic rings. The van der Waals surface area contributed by atoms with Crippen LogP contribution in [0, 0.1) is 5.92 Å². The molecule has 160 valence electrons. The van der Waals surface area contributed by atoms with E-state index in [1.807, 2.05) is 0 Å². The van der Waals surface area contributed by atoms with Gasteiger partial charge in [-0.05, 0) is 19.8 Å². The quantitative estimate of drug-likeness (QED) is 0.186. The predicted molar refractivity (Wildman–Crippen MR) is 97.4 cm³/mol. The lowest BCUT2D eigenvalue weighted by Gasteiger charge is -2.24. The predicted octanol–water partition coefficient (Wildman–Crippen LogP) is -3.22. The van der Waals surface area contributed by atoms with E-state index in [1.54, 1.807) is 13.8 Å².